The fraction of sp³-hybridized carbons (Fsp3) is 0.680. The van der Waals surface area contributed by atoms with Gasteiger partial charge in [0.05, 0.1) is 11.0 Å². The van der Waals surface area contributed by atoms with Gasteiger partial charge in [-0.3, -0.25) is 4.79 Å². The van der Waals surface area contributed by atoms with Crippen molar-refractivity contribution in [3.8, 4) is 0 Å². The van der Waals surface area contributed by atoms with Crippen LogP contribution in [0.3, 0.4) is 0 Å². The maximum atomic E-state index is 13.6. The van der Waals surface area contributed by atoms with E-state index in [2.05, 4.69) is 33.9 Å². The van der Waals surface area contributed by atoms with Crippen LogP contribution >= 0.6 is 0 Å². The molecule has 0 unspecified atom stereocenters. The number of carbonyl (C=O) groups is 2. The monoisotopic (exact) mass is 511 g/mol. The van der Waals surface area contributed by atoms with Crippen molar-refractivity contribution in [1.29, 1.82) is 0 Å². The lowest BCUT2D eigenvalue weighted by Gasteiger charge is -2.40. The van der Waals surface area contributed by atoms with Crippen LogP contribution in [-0.2, 0) is 24.0 Å². The summed E-state index contributed by atoms with van der Waals surface area (Å²) < 4.78 is 40.1. The van der Waals surface area contributed by atoms with Crippen LogP contribution in [0.5, 0.6) is 0 Å². The highest BCUT2D eigenvalue weighted by Gasteiger charge is 2.49. The molecule has 1 saturated carbocycles. The zero-order valence-electron chi connectivity index (χ0n) is 22.3. The van der Waals surface area contributed by atoms with Crippen molar-refractivity contribution in [2.45, 2.75) is 96.5 Å². The van der Waals surface area contributed by atoms with Gasteiger partial charge in [-0.1, -0.05) is 45.4 Å². The Bertz CT molecular complexity index is 1010. The molecule has 0 spiro atoms. The molecule has 1 fully saturated rings. The largest absolute Gasteiger partial charge is 0.443 e. The van der Waals surface area contributed by atoms with E-state index in [4.69, 9.17) is 9.16 Å². The van der Waals surface area contributed by atoms with Gasteiger partial charge in [0, 0.05) is 24.8 Å². The fourth-order valence-corrected chi connectivity index (χ4v) is 6.37. The van der Waals surface area contributed by atoms with E-state index >= 15 is 0 Å². The molecule has 0 N–H and O–H groups in total. The van der Waals surface area contributed by atoms with E-state index in [1.54, 1.807) is 39.8 Å². The molecule has 192 valence electrons. The Morgan fingerprint density at radius 2 is 1.62 bits per heavy atom. The van der Waals surface area contributed by atoms with Crippen LogP contribution in [0, 0.1) is 18.8 Å². The Morgan fingerprint density at radius 3 is 2.09 bits per heavy atom. The van der Waals surface area contributed by atoms with E-state index in [-0.39, 0.29) is 28.7 Å². The lowest BCUT2D eigenvalue weighted by atomic mass is 9.96. The first-order chi connectivity index (χ1) is 15.3. The highest BCUT2D eigenvalue weighted by molar-refractivity contribution is 7.89. The smallest absolute Gasteiger partial charge is 0.424 e. The summed E-state index contributed by atoms with van der Waals surface area (Å²) >= 11 is 0. The first-order valence-electron chi connectivity index (χ1n) is 11.8. The quantitative estimate of drug-likeness (QED) is 0.466. The fourth-order valence-electron chi connectivity index (χ4n) is 3.67. The Balaban J connectivity index is 2.48. The number of aryl methyl sites for hydroxylation is 1. The molecule has 1 aliphatic carbocycles. The maximum absolute atomic E-state index is 13.6. The van der Waals surface area contributed by atoms with Crippen LogP contribution in [0.2, 0.25) is 18.1 Å². The summed E-state index contributed by atoms with van der Waals surface area (Å²) in [4.78, 5) is 25.9. The number of carbonyl (C=O) groups excluding carboxylic acids is 2. The summed E-state index contributed by atoms with van der Waals surface area (Å²) in [5.74, 6) is -0.882. The Hall–Kier alpha value is -1.71. The molecule has 0 aromatic heterocycles. The maximum Gasteiger partial charge on any atom is 0.424 e. The molecule has 1 amide bonds. The number of sulfonamides is 1. The summed E-state index contributed by atoms with van der Waals surface area (Å²) in [6, 6.07) is 6.33. The van der Waals surface area contributed by atoms with Crippen LogP contribution in [0.25, 0.3) is 0 Å². The van der Waals surface area contributed by atoms with Crippen molar-refractivity contribution in [2.75, 3.05) is 6.54 Å². The van der Waals surface area contributed by atoms with Crippen molar-refractivity contribution in [2.24, 2.45) is 11.8 Å². The second-order valence-electron chi connectivity index (χ2n) is 11.9. The number of ketones is 1. The predicted molar refractivity (Wildman–Crippen MR) is 136 cm³/mol. The standard InChI is InChI=1S/C25H41NO6SSi/c1-17-11-13-19(14-12-17)33(29,30)26(23(28)31-24(3,4)5)16-20-18(2)21(27)15-22(20)32-34(9,10)25(6,7)8/h11-14,18,20,22H,15-16H2,1-10H3/t18-,20-,22-/m0/s1. The lowest BCUT2D eigenvalue weighted by Crippen LogP contribution is -2.49. The Kier molecular flexibility index (Phi) is 8.17. The number of nitrogens with zero attached hydrogens (tertiary/aromatic N) is 1. The molecule has 1 aromatic rings. The third kappa shape index (κ3) is 6.49. The number of benzene rings is 1. The van der Waals surface area contributed by atoms with Crippen LogP contribution in [0.1, 0.15) is 60.5 Å². The molecular formula is C25H41NO6SSi. The molecule has 0 heterocycles. The number of Topliss-reactive ketones (excluding diaryl/α,β-unsaturated/α-hetero) is 1. The van der Waals surface area contributed by atoms with Gasteiger partial charge in [0.2, 0.25) is 0 Å². The molecular weight excluding hydrogens is 470 g/mol. The number of ether oxygens (including phenoxy) is 1. The van der Waals surface area contributed by atoms with Gasteiger partial charge in [-0.25, -0.2) is 13.2 Å². The van der Waals surface area contributed by atoms with Gasteiger partial charge < -0.3 is 9.16 Å². The van der Waals surface area contributed by atoms with Crippen LogP contribution in [0.15, 0.2) is 29.2 Å². The molecule has 9 heteroatoms. The molecule has 0 saturated heterocycles. The number of rotatable bonds is 6. The molecule has 1 aliphatic rings. The van der Waals surface area contributed by atoms with E-state index in [1.165, 1.54) is 12.1 Å². The van der Waals surface area contributed by atoms with Crippen molar-refractivity contribution in [3.05, 3.63) is 29.8 Å². The summed E-state index contributed by atoms with van der Waals surface area (Å²) in [6.07, 6.45) is -1.20. The van der Waals surface area contributed by atoms with E-state index in [0.29, 0.717) is 0 Å². The third-order valence-electron chi connectivity index (χ3n) is 6.86. The number of hydrogen-bond donors (Lipinski definition) is 0. The highest BCUT2D eigenvalue weighted by Crippen LogP contribution is 2.42. The van der Waals surface area contributed by atoms with Gasteiger partial charge in [-0.15, -0.1) is 0 Å². The van der Waals surface area contributed by atoms with Gasteiger partial charge in [-0.05, 0) is 58.0 Å². The Morgan fingerprint density at radius 1 is 1.09 bits per heavy atom. The van der Waals surface area contributed by atoms with Crippen LogP contribution in [-0.4, -0.2) is 51.2 Å². The van der Waals surface area contributed by atoms with E-state index < -0.39 is 48.0 Å². The summed E-state index contributed by atoms with van der Waals surface area (Å²) in [5, 5.41) is -0.0781. The van der Waals surface area contributed by atoms with Crippen molar-refractivity contribution < 1.29 is 27.2 Å². The van der Waals surface area contributed by atoms with Crippen molar-refractivity contribution in [1.82, 2.24) is 4.31 Å². The second kappa shape index (κ2) is 9.74. The van der Waals surface area contributed by atoms with Gasteiger partial charge in [-0.2, -0.15) is 4.31 Å². The van der Waals surface area contributed by atoms with E-state index in [0.717, 1.165) is 9.87 Å². The molecule has 0 radical (unpaired) electrons. The van der Waals surface area contributed by atoms with E-state index in [9.17, 15) is 18.0 Å². The topological polar surface area (TPSA) is 90.0 Å². The molecule has 0 aliphatic heterocycles. The van der Waals surface area contributed by atoms with Crippen LogP contribution in [0.4, 0.5) is 4.79 Å². The van der Waals surface area contributed by atoms with Gasteiger partial charge in [0.1, 0.15) is 11.4 Å². The van der Waals surface area contributed by atoms with E-state index in [1.807, 2.05) is 6.92 Å². The van der Waals surface area contributed by atoms with Crippen molar-refractivity contribution >= 4 is 30.2 Å². The first kappa shape index (κ1) is 28.5. The first-order valence-corrected chi connectivity index (χ1v) is 16.1. The predicted octanol–water partition coefficient (Wildman–Crippen LogP) is 5.54. The summed E-state index contributed by atoms with van der Waals surface area (Å²) in [6.45, 7) is 19.1. The highest BCUT2D eigenvalue weighted by atomic mass is 32.2. The third-order valence-corrected chi connectivity index (χ3v) is 13.1. The zero-order chi connectivity index (χ0) is 26.3. The number of hydrogen-bond acceptors (Lipinski definition) is 6. The second-order valence-corrected chi connectivity index (χ2v) is 18.5. The minimum Gasteiger partial charge on any atom is -0.443 e. The normalized spacial score (nSPS) is 22.1. The number of amides is 1. The Labute approximate surface area is 206 Å². The molecule has 7 nitrogen and oxygen atoms in total. The van der Waals surface area contributed by atoms with Gasteiger partial charge in [0.25, 0.3) is 10.0 Å². The minimum absolute atomic E-state index is 0.00259. The summed E-state index contributed by atoms with van der Waals surface area (Å²) in [7, 11) is -6.45. The average molecular weight is 512 g/mol. The van der Waals surface area contributed by atoms with Gasteiger partial charge >= 0.3 is 6.09 Å². The molecule has 34 heavy (non-hydrogen) atoms. The summed E-state index contributed by atoms with van der Waals surface area (Å²) in [5.41, 5.74) is 0.0207. The average Bonchev–Trinajstić information content (AvgIpc) is 2.90. The SMILES string of the molecule is Cc1ccc(S(=O)(=O)N(C[C@@H]2[C@@H](O[Si](C)(C)C(C)(C)C)CC(=O)[C@H]2C)C(=O)OC(C)(C)C)cc1. The molecule has 1 aromatic carbocycles. The van der Waals surface area contributed by atoms with Crippen LogP contribution < -0.4 is 0 Å². The lowest BCUT2D eigenvalue weighted by molar-refractivity contribution is -0.120. The molecule has 0 bridgehead atoms. The minimum atomic E-state index is -4.21. The van der Waals surface area contributed by atoms with Crippen molar-refractivity contribution in [3.63, 3.8) is 0 Å². The molecule has 3 atom stereocenters. The zero-order valence-corrected chi connectivity index (χ0v) is 24.1. The van der Waals surface area contributed by atoms with Gasteiger partial charge in [0.15, 0.2) is 8.32 Å². The molecule has 2 rings (SSSR count).